The third-order valence-electron chi connectivity index (χ3n) is 5.39. The van der Waals surface area contributed by atoms with Gasteiger partial charge < -0.3 is 18.9 Å². The smallest absolute Gasteiger partial charge is 0.410 e. The number of rotatable bonds is 8. The summed E-state index contributed by atoms with van der Waals surface area (Å²) in [4.78, 5) is 27.6. The summed E-state index contributed by atoms with van der Waals surface area (Å²) in [6.45, 7) is 8.32. The quantitative estimate of drug-likeness (QED) is 0.428. The Hall–Kier alpha value is -1.52. The van der Waals surface area contributed by atoms with Gasteiger partial charge in [0, 0.05) is 20.2 Å². The zero-order valence-electron chi connectivity index (χ0n) is 18.7. The molecule has 10 heteroatoms. The van der Waals surface area contributed by atoms with E-state index < -0.39 is 47.8 Å². The maximum Gasteiger partial charge on any atom is 0.410 e. The topological polar surface area (TPSA) is 77.5 Å². The number of amides is 1. The van der Waals surface area contributed by atoms with Gasteiger partial charge in [0.1, 0.15) is 12.4 Å². The molecule has 0 aromatic carbocycles. The predicted molar refractivity (Wildman–Crippen MR) is 104 cm³/mol. The molecule has 2 saturated heterocycles. The summed E-state index contributed by atoms with van der Waals surface area (Å²) in [5.74, 6) is -3.64. The zero-order valence-corrected chi connectivity index (χ0v) is 18.7. The minimum Gasteiger partial charge on any atom is -0.464 e. The minimum atomic E-state index is -3.08. The number of halogens is 2. The van der Waals surface area contributed by atoms with Crippen LogP contribution in [0.4, 0.5) is 13.6 Å². The van der Waals surface area contributed by atoms with E-state index in [1.165, 1.54) is 7.11 Å². The van der Waals surface area contributed by atoms with Gasteiger partial charge in [-0.1, -0.05) is 0 Å². The van der Waals surface area contributed by atoms with Gasteiger partial charge in [0.2, 0.25) is 0 Å². The fourth-order valence-corrected chi connectivity index (χ4v) is 3.99. The second-order valence-electron chi connectivity index (χ2n) is 8.96. The van der Waals surface area contributed by atoms with E-state index in [0.29, 0.717) is 13.0 Å². The summed E-state index contributed by atoms with van der Waals surface area (Å²) in [5, 5.41) is 0. The molecule has 1 amide bonds. The van der Waals surface area contributed by atoms with E-state index in [-0.39, 0.29) is 26.4 Å². The summed E-state index contributed by atoms with van der Waals surface area (Å²) < 4.78 is 50.6. The van der Waals surface area contributed by atoms with Crippen LogP contribution in [0.5, 0.6) is 0 Å². The van der Waals surface area contributed by atoms with Gasteiger partial charge in [-0.3, -0.25) is 9.80 Å². The Bertz CT molecular complexity index is 627. The van der Waals surface area contributed by atoms with Crippen LogP contribution >= 0.6 is 0 Å². The van der Waals surface area contributed by atoms with Gasteiger partial charge in [0.15, 0.2) is 5.60 Å². The Balaban J connectivity index is 2.09. The van der Waals surface area contributed by atoms with Crippen LogP contribution in [0, 0.1) is 0 Å². The third-order valence-corrected chi connectivity index (χ3v) is 5.39. The number of hydrogen-bond acceptors (Lipinski definition) is 7. The highest BCUT2D eigenvalue weighted by Crippen LogP contribution is 2.42. The van der Waals surface area contributed by atoms with Crippen molar-refractivity contribution in [3.05, 3.63) is 0 Å². The van der Waals surface area contributed by atoms with Crippen molar-refractivity contribution in [2.75, 3.05) is 40.1 Å². The molecule has 2 rings (SSSR count). The van der Waals surface area contributed by atoms with Gasteiger partial charge in [-0.2, -0.15) is 0 Å². The van der Waals surface area contributed by atoms with Gasteiger partial charge in [0.05, 0.1) is 25.2 Å². The highest BCUT2D eigenvalue weighted by molar-refractivity contribution is 5.79. The van der Waals surface area contributed by atoms with Crippen LogP contribution in [0.3, 0.4) is 0 Å². The molecule has 0 aromatic rings. The molecule has 0 radical (unpaired) electrons. The summed E-state index contributed by atoms with van der Waals surface area (Å²) in [6, 6.07) is -1.76. The maximum atomic E-state index is 14.9. The maximum absolute atomic E-state index is 14.9. The van der Waals surface area contributed by atoms with Crippen LogP contribution in [-0.2, 0) is 23.7 Å². The van der Waals surface area contributed by atoms with E-state index in [0.717, 1.165) is 4.90 Å². The van der Waals surface area contributed by atoms with Crippen molar-refractivity contribution in [1.82, 2.24) is 9.80 Å². The number of carbonyl (C=O) groups excluding carboxylic acids is 2. The summed E-state index contributed by atoms with van der Waals surface area (Å²) in [7, 11) is 1.43. The number of methoxy groups -OCH3 is 1. The number of nitrogens with zero attached hydrogens (tertiary/aromatic N) is 2. The number of hydrogen-bond donors (Lipinski definition) is 0. The van der Waals surface area contributed by atoms with E-state index in [2.05, 4.69) is 0 Å². The van der Waals surface area contributed by atoms with Crippen molar-refractivity contribution in [3.63, 3.8) is 0 Å². The largest absolute Gasteiger partial charge is 0.464 e. The molecule has 0 spiro atoms. The Labute approximate surface area is 176 Å². The molecule has 0 bridgehead atoms. The van der Waals surface area contributed by atoms with Gasteiger partial charge in [-0.25, -0.2) is 18.4 Å². The molecule has 2 heterocycles. The lowest BCUT2D eigenvalue weighted by Crippen LogP contribution is -2.49. The Morgan fingerprint density at radius 3 is 2.43 bits per heavy atom. The molecule has 1 unspecified atom stereocenters. The summed E-state index contributed by atoms with van der Waals surface area (Å²) in [6.07, 6.45) is -0.161. The molecule has 0 saturated carbocycles. The first-order chi connectivity index (χ1) is 13.8. The van der Waals surface area contributed by atoms with Crippen LogP contribution in [-0.4, -0.2) is 91.2 Å². The van der Waals surface area contributed by atoms with Gasteiger partial charge in [-0.05, 0) is 47.5 Å². The fraction of sp³-hybridized carbons (Fsp3) is 0.900. The Morgan fingerprint density at radius 1 is 1.20 bits per heavy atom. The number of carbonyl (C=O) groups is 2. The van der Waals surface area contributed by atoms with Crippen molar-refractivity contribution in [2.45, 2.75) is 76.7 Å². The first-order valence-corrected chi connectivity index (χ1v) is 10.3. The van der Waals surface area contributed by atoms with E-state index in [1.54, 1.807) is 39.5 Å². The molecule has 174 valence electrons. The van der Waals surface area contributed by atoms with Crippen molar-refractivity contribution >= 4 is 12.1 Å². The minimum absolute atomic E-state index is 0.121. The number of alkyl halides is 2. The molecule has 3 atom stereocenters. The molecule has 2 aliphatic heterocycles. The molecule has 30 heavy (non-hydrogen) atoms. The predicted octanol–water partition coefficient (Wildman–Crippen LogP) is 2.65. The van der Waals surface area contributed by atoms with Crippen LogP contribution in [0.15, 0.2) is 0 Å². The molecule has 2 aliphatic rings. The standard InChI is InChI=1S/C20H34F2N2O6/c1-7-28-16(25)19(5,29-13-27-6)9-11-23-10-8-14-15(23)20(21,22)12-24(14)17(26)30-18(2,3)4/h14-15H,7-13H2,1-6H3/t14-,15+,19?/m0/s1. The van der Waals surface area contributed by atoms with Crippen molar-refractivity contribution in [3.8, 4) is 0 Å². The highest BCUT2D eigenvalue weighted by atomic mass is 19.3. The van der Waals surface area contributed by atoms with E-state index >= 15 is 0 Å². The molecule has 0 aliphatic carbocycles. The number of esters is 1. The summed E-state index contributed by atoms with van der Waals surface area (Å²) in [5.41, 5.74) is -2.08. The highest BCUT2D eigenvalue weighted by Gasteiger charge is 2.61. The van der Waals surface area contributed by atoms with Crippen LogP contribution in [0.1, 0.15) is 47.5 Å². The number of ether oxygens (including phenoxy) is 4. The van der Waals surface area contributed by atoms with Gasteiger partial charge in [-0.15, -0.1) is 0 Å². The molecule has 2 fully saturated rings. The molecular weight excluding hydrogens is 402 g/mol. The second-order valence-corrected chi connectivity index (χ2v) is 8.96. The van der Waals surface area contributed by atoms with Crippen LogP contribution < -0.4 is 0 Å². The van der Waals surface area contributed by atoms with Crippen LogP contribution in [0.2, 0.25) is 0 Å². The first-order valence-electron chi connectivity index (χ1n) is 10.3. The second kappa shape index (κ2) is 9.32. The lowest BCUT2D eigenvalue weighted by molar-refractivity contribution is -0.186. The Kier molecular flexibility index (Phi) is 7.68. The molecule has 0 N–H and O–H groups in total. The lowest BCUT2D eigenvalue weighted by atomic mass is 10.0. The van der Waals surface area contributed by atoms with Gasteiger partial charge >= 0.3 is 12.1 Å². The van der Waals surface area contributed by atoms with Crippen molar-refractivity contribution in [2.24, 2.45) is 0 Å². The first kappa shape index (κ1) is 24.7. The summed E-state index contributed by atoms with van der Waals surface area (Å²) >= 11 is 0. The normalized spacial score (nSPS) is 25.7. The number of fused-ring (bicyclic) bond motifs is 1. The zero-order chi connectivity index (χ0) is 22.7. The van der Waals surface area contributed by atoms with Crippen LogP contribution in [0.25, 0.3) is 0 Å². The van der Waals surface area contributed by atoms with E-state index in [4.69, 9.17) is 18.9 Å². The molecular formula is C20H34F2N2O6. The van der Waals surface area contributed by atoms with Crippen molar-refractivity contribution in [1.29, 1.82) is 0 Å². The monoisotopic (exact) mass is 436 g/mol. The van der Waals surface area contributed by atoms with Gasteiger partial charge in [0.25, 0.3) is 5.92 Å². The van der Waals surface area contributed by atoms with E-state index in [9.17, 15) is 18.4 Å². The van der Waals surface area contributed by atoms with E-state index in [1.807, 2.05) is 0 Å². The third kappa shape index (κ3) is 5.59. The molecule has 0 aromatic heterocycles. The van der Waals surface area contributed by atoms with Crippen molar-refractivity contribution < 1.29 is 37.3 Å². The number of likely N-dealkylation sites (tertiary alicyclic amines) is 2. The SMILES string of the molecule is CCOC(=O)C(C)(CCN1CC[C@H]2[C@@H]1C(F)(F)CN2C(=O)OC(C)(C)C)OCOC. The fourth-order valence-electron chi connectivity index (χ4n) is 3.99. The Morgan fingerprint density at radius 2 is 1.87 bits per heavy atom. The average molecular weight is 436 g/mol. The lowest BCUT2D eigenvalue weighted by Gasteiger charge is -2.32. The molecule has 8 nitrogen and oxygen atoms in total. The average Bonchev–Trinajstić information content (AvgIpc) is 3.16.